The fourth-order valence-corrected chi connectivity index (χ4v) is 11.8. The fraction of sp³-hybridized carbons (Fsp3) is 0.280. The second-order valence-electron chi connectivity index (χ2n) is 27.8. The van der Waals surface area contributed by atoms with Crippen LogP contribution in [0, 0.1) is 6.57 Å². The number of hydrogen-bond donors (Lipinski definition) is 0. The van der Waals surface area contributed by atoms with Gasteiger partial charge in [0.15, 0.2) is 0 Å². The normalized spacial score (nSPS) is 13.4. The minimum absolute atomic E-state index is 0.0625. The lowest BCUT2D eigenvalue weighted by atomic mass is 9.77. The Morgan fingerprint density at radius 2 is 1.00 bits per heavy atom. The number of para-hydroxylation sites is 4. The molecule has 3 aromatic heterocycles. The highest BCUT2D eigenvalue weighted by Crippen LogP contribution is 2.52. The van der Waals surface area contributed by atoms with E-state index in [0.29, 0.717) is 23.7 Å². The lowest BCUT2D eigenvalue weighted by Gasteiger charge is -2.31. The molecule has 0 radical (unpaired) electrons. The maximum absolute atomic E-state index is 7.93. The van der Waals surface area contributed by atoms with Crippen molar-refractivity contribution in [2.24, 2.45) is 0 Å². The zero-order chi connectivity index (χ0) is 58.0. The Bertz CT molecular complexity index is 4240. The summed E-state index contributed by atoms with van der Waals surface area (Å²) in [6.45, 7) is 43.1. The third-order valence-corrected chi connectivity index (χ3v) is 16.7. The summed E-state index contributed by atoms with van der Waals surface area (Å²) in [5, 5.41) is 3.86. The van der Waals surface area contributed by atoms with Crippen molar-refractivity contribution in [1.29, 1.82) is 0 Å². The molecule has 7 heteroatoms. The van der Waals surface area contributed by atoms with Crippen molar-refractivity contribution >= 4 is 72.2 Å². The highest BCUT2D eigenvalue weighted by molar-refractivity contribution is 6.24. The van der Waals surface area contributed by atoms with Gasteiger partial charge in [-0.2, -0.15) is 0 Å². The SMILES string of the molecule is [C-]#[N+]c1cccc2c1oc1c2ccc2c1c1ccc(Oc3cccc(N4CN(c5c(-c6cc(C(C)(C)C)cc(C(C)(C)C)c6)cccc5-c5cc(C(C)(C)C)cc(C(C)(C)C)c5)c5ccccc54)c3)cc1n2-c1cc(C(C)(C)C)ccn1. The minimum Gasteiger partial charge on any atom is -0.466 e. The van der Waals surface area contributed by atoms with E-state index in [0.717, 1.165) is 66.8 Å². The van der Waals surface area contributed by atoms with Gasteiger partial charge >= 0.3 is 0 Å². The Kier molecular flexibility index (Phi) is 12.7. The Morgan fingerprint density at radius 3 is 1.59 bits per heavy atom. The van der Waals surface area contributed by atoms with Gasteiger partial charge in [-0.25, -0.2) is 9.83 Å². The maximum Gasteiger partial charge on any atom is 0.229 e. The van der Waals surface area contributed by atoms with Crippen LogP contribution in [0.25, 0.3) is 76.7 Å². The summed E-state index contributed by atoms with van der Waals surface area (Å²) in [7, 11) is 0. The lowest BCUT2D eigenvalue weighted by molar-refractivity contribution is 0.483. The van der Waals surface area contributed by atoms with Crippen LogP contribution < -0.4 is 14.5 Å². The van der Waals surface area contributed by atoms with Crippen molar-refractivity contribution in [2.75, 3.05) is 16.5 Å². The first-order valence-electron chi connectivity index (χ1n) is 28.9. The van der Waals surface area contributed by atoms with Gasteiger partial charge in [0.2, 0.25) is 5.69 Å². The number of nitrogens with zero attached hydrogens (tertiary/aromatic N) is 5. The lowest BCUT2D eigenvalue weighted by Crippen LogP contribution is -2.25. The van der Waals surface area contributed by atoms with Gasteiger partial charge in [0, 0.05) is 51.3 Å². The van der Waals surface area contributed by atoms with E-state index in [-0.39, 0.29) is 27.1 Å². The largest absolute Gasteiger partial charge is 0.466 e. The number of furan rings is 1. The second kappa shape index (κ2) is 19.3. The summed E-state index contributed by atoms with van der Waals surface area (Å²) in [6.07, 6.45) is 1.90. The zero-order valence-corrected chi connectivity index (χ0v) is 50.4. The molecule has 0 N–H and O–H groups in total. The van der Waals surface area contributed by atoms with Gasteiger partial charge < -0.3 is 19.0 Å². The van der Waals surface area contributed by atoms with E-state index in [4.69, 9.17) is 20.7 Å². The van der Waals surface area contributed by atoms with Crippen molar-refractivity contribution in [1.82, 2.24) is 9.55 Å². The van der Waals surface area contributed by atoms with Gasteiger partial charge in [-0.15, -0.1) is 0 Å². The highest BCUT2D eigenvalue weighted by atomic mass is 16.5. The molecule has 8 aromatic carbocycles. The van der Waals surface area contributed by atoms with Crippen LogP contribution in [0.3, 0.4) is 0 Å². The molecule has 0 amide bonds. The monoisotopic (exact) mass is 1080 g/mol. The van der Waals surface area contributed by atoms with Crippen molar-refractivity contribution in [3.8, 4) is 39.6 Å². The van der Waals surface area contributed by atoms with Crippen LogP contribution in [-0.2, 0) is 27.1 Å². The van der Waals surface area contributed by atoms with Gasteiger partial charge in [0.05, 0.1) is 40.1 Å². The minimum atomic E-state index is -0.0983. The topological polar surface area (TPSA) is 51.0 Å². The third kappa shape index (κ3) is 9.56. The van der Waals surface area contributed by atoms with Gasteiger partial charge in [-0.3, -0.25) is 4.57 Å². The van der Waals surface area contributed by atoms with E-state index in [1.807, 2.05) is 30.5 Å². The Balaban J connectivity index is 0.993. The van der Waals surface area contributed by atoms with Crippen LogP contribution in [0.4, 0.5) is 28.4 Å². The van der Waals surface area contributed by atoms with Gasteiger partial charge in [-0.05, 0) is 127 Å². The van der Waals surface area contributed by atoms with Crippen molar-refractivity contribution in [2.45, 2.75) is 131 Å². The van der Waals surface area contributed by atoms with Crippen LogP contribution >= 0.6 is 0 Å². The smallest absolute Gasteiger partial charge is 0.229 e. The predicted octanol–water partition coefficient (Wildman–Crippen LogP) is 21.5. The standard InChI is InChI=1S/C75H75N5O2/c1-71(2,3)48-34-35-77-66(42-48)80-64-33-32-59-58-26-21-27-61(76-16)69(58)82-70(59)67(64)60-31-30-55(44-65(60)80)81-54-23-19-22-53(43-54)78-45-79(63-29-18-17-28-62(63)78)68-56(46-36-49(72(4,5)6)40-50(37-46)73(7,8)9)24-20-25-57(68)47-38-51(74(10,11)12)41-52(39-47)75(13,14)15/h17-44H,45H2,1-15H3. The quantitative estimate of drug-likeness (QED) is 0.149. The van der Waals surface area contributed by atoms with E-state index in [1.165, 1.54) is 55.8 Å². The molecular weight excluding hydrogens is 1000 g/mol. The number of aromatic nitrogens is 2. The summed E-state index contributed by atoms with van der Waals surface area (Å²) in [5.74, 6) is 2.22. The first-order valence-corrected chi connectivity index (χ1v) is 28.9. The molecule has 12 rings (SSSR count). The number of anilines is 4. The molecule has 0 saturated heterocycles. The van der Waals surface area contributed by atoms with Gasteiger partial charge in [0.1, 0.15) is 35.2 Å². The molecule has 0 fully saturated rings. The molecule has 0 aliphatic carbocycles. The number of fused-ring (bicyclic) bond motifs is 8. The van der Waals surface area contributed by atoms with Crippen LogP contribution in [0.15, 0.2) is 174 Å². The van der Waals surface area contributed by atoms with Crippen LogP contribution in [-0.4, -0.2) is 16.2 Å². The molecule has 0 spiro atoms. The van der Waals surface area contributed by atoms with E-state index in [9.17, 15) is 0 Å². The van der Waals surface area contributed by atoms with Gasteiger partial charge in [-0.1, -0.05) is 195 Å². The van der Waals surface area contributed by atoms with Crippen LogP contribution in [0.5, 0.6) is 11.5 Å². The van der Waals surface area contributed by atoms with Gasteiger partial charge in [0.25, 0.3) is 0 Å². The zero-order valence-electron chi connectivity index (χ0n) is 50.4. The summed E-state index contributed by atoms with van der Waals surface area (Å²) in [6, 6.07) is 59.5. The summed E-state index contributed by atoms with van der Waals surface area (Å²) < 4.78 is 15.9. The molecule has 4 heterocycles. The van der Waals surface area contributed by atoms with Crippen LogP contribution in [0.1, 0.15) is 132 Å². The predicted molar refractivity (Wildman–Crippen MR) is 345 cm³/mol. The summed E-state index contributed by atoms with van der Waals surface area (Å²) in [4.78, 5) is 13.8. The fourth-order valence-electron chi connectivity index (χ4n) is 11.8. The molecule has 0 saturated carbocycles. The molecule has 0 bridgehead atoms. The molecule has 412 valence electrons. The Morgan fingerprint density at radius 1 is 0.463 bits per heavy atom. The van der Waals surface area contributed by atoms with Crippen molar-refractivity contribution < 1.29 is 9.15 Å². The summed E-state index contributed by atoms with van der Waals surface area (Å²) >= 11 is 0. The third-order valence-electron chi connectivity index (χ3n) is 16.7. The number of rotatable bonds is 7. The highest BCUT2D eigenvalue weighted by Gasteiger charge is 2.34. The Hall–Kier alpha value is -8.60. The van der Waals surface area contributed by atoms with E-state index in [1.54, 1.807) is 0 Å². The second-order valence-corrected chi connectivity index (χ2v) is 27.8. The number of hydrogen-bond acceptors (Lipinski definition) is 5. The molecule has 7 nitrogen and oxygen atoms in total. The first kappa shape index (κ1) is 54.0. The van der Waals surface area contributed by atoms with E-state index < -0.39 is 0 Å². The van der Waals surface area contributed by atoms with E-state index in [2.05, 4.69) is 263 Å². The average Bonchev–Trinajstić information content (AvgIpc) is 2.64. The van der Waals surface area contributed by atoms with E-state index >= 15 is 0 Å². The summed E-state index contributed by atoms with van der Waals surface area (Å²) in [5.41, 5.74) is 19.1. The molecule has 0 unspecified atom stereocenters. The molecule has 11 aromatic rings. The Labute approximate surface area is 484 Å². The molecule has 1 aliphatic rings. The molecule has 0 atom stereocenters. The number of benzene rings is 8. The first-order chi connectivity index (χ1) is 38.7. The van der Waals surface area contributed by atoms with Crippen LogP contribution in [0.2, 0.25) is 0 Å². The molecule has 1 aliphatic heterocycles. The molecular formula is C75H75N5O2. The van der Waals surface area contributed by atoms with Crippen molar-refractivity contribution in [3.63, 3.8) is 0 Å². The van der Waals surface area contributed by atoms with Crippen molar-refractivity contribution in [3.05, 3.63) is 209 Å². The maximum atomic E-state index is 7.93. The number of ether oxygens (including phenoxy) is 1. The average molecular weight is 1080 g/mol. The molecule has 82 heavy (non-hydrogen) atoms. The number of pyridine rings is 1.